The third-order valence-electron chi connectivity index (χ3n) is 4.30. The van der Waals surface area contributed by atoms with Gasteiger partial charge in [-0.1, -0.05) is 60.2 Å². The van der Waals surface area contributed by atoms with Crippen LogP contribution in [0.1, 0.15) is 17.0 Å². The molecule has 2 aromatic carbocycles. The highest BCUT2D eigenvalue weighted by Gasteiger charge is 2.30. The van der Waals surface area contributed by atoms with Crippen LogP contribution in [0.3, 0.4) is 0 Å². The lowest BCUT2D eigenvalue weighted by molar-refractivity contribution is 0.139. The molecule has 0 spiro atoms. The predicted molar refractivity (Wildman–Crippen MR) is 94.3 cm³/mol. The Hall–Kier alpha value is -1.95. The maximum Gasteiger partial charge on any atom is 0.243 e. The third-order valence-corrected chi connectivity index (χ3v) is 6.15. The molecule has 126 valence electrons. The van der Waals surface area contributed by atoms with Crippen LogP contribution in [-0.2, 0) is 10.0 Å². The Balaban J connectivity index is 1.85. The summed E-state index contributed by atoms with van der Waals surface area (Å²) in [6, 6.07) is 16.4. The van der Waals surface area contributed by atoms with Crippen LogP contribution in [0, 0.1) is 6.92 Å². The van der Waals surface area contributed by atoms with Crippen molar-refractivity contribution in [2.75, 3.05) is 13.1 Å². The Kier molecular flexibility index (Phi) is 4.85. The van der Waals surface area contributed by atoms with Gasteiger partial charge in [0.2, 0.25) is 10.0 Å². The summed E-state index contributed by atoms with van der Waals surface area (Å²) in [6.07, 6.45) is 2.93. The molecule has 1 aliphatic rings. The zero-order chi connectivity index (χ0) is 17.2. The largest absolute Gasteiger partial charge is 0.391 e. The van der Waals surface area contributed by atoms with E-state index in [1.165, 1.54) is 4.31 Å². The summed E-state index contributed by atoms with van der Waals surface area (Å²) in [5.74, 6) is -0.204. The summed E-state index contributed by atoms with van der Waals surface area (Å²) >= 11 is 0. The molecule has 0 amide bonds. The van der Waals surface area contributed by atoms with E-state index in [1.807, 2.05) is 49.4 Å². The molecule has 0 radical (unpaired) electrons. The first-order valence-electron chi connectivity index (χ1n) is 7.95. The molecule has 24 heavy (non-hydrogen) atoms. The average Bonchev–Trinajstić information content (AvgIpc) is 2.78. The minimum absolute atomic E-state index is 0.0722. The number of sulfonamides is 1. The van der Waals surface area contributed by atoms with Crippen LogP contribution in [0.4, 0.5) is 0 Å². The van der Waals surface area contributed by atoms with Gasteiger partial charge in [-0.3, -0.25) is 0 Å². The van der Waals surface area contributed by atoms with Crippen molar-refractivity contribution < 1.29 is 13.5 Å². The van der Waals surface area contributed by atoms with Crippen molar-refractivity contribution in [2.24, 2.45) is 0 Å². The lowest BCUT2D eigenvalue weighted by Gasteiger charge is -2.24. The molecule has 1 aliphatic heterocycles. The second kappa shape index (κ2) is 6.89. The van der Waals surface area contributed by atoms with Gasteiger partial charge in [-0.05, 0) is 24.6 Å². The maximum absolute atomic E-state index is 12.8. The molecule has 5 heteroatoms. The SMILES string of the molecule is Cc1ccc(S(=O)(=O)N2CC=C[C@@H](c3ccccc3)[C@@H](O)C2)cc1. The summed E-state index contributed by atoms with van der Waals surface area (Å²) in [6.45, 7) is 2.25. The van der Waals surface area contributed by atoms with Crippen molar-refractivity contribution in [3.63, 3.8) is 0 Å². The van der Waals surface area contributed by atoms with Gasteiger partial charge in [0.1, 0.15) is 0 Å². The molecule has 3 rings (SSSR count). The average molecular weight is 343 g/mol. The lowest BCUT2D eigenvalue weighted by Crippen LogP contribution is -2.38. The normalized spacial score (nSPS) is 22.2. The molecule has 0 aromatic heterocycles. The maximum atomic E-state index is 12.8. The molecule has 4 nitrogen and oxygen atoms in total. The quantitative estimate of drug-likeness (QED) is 0.872. The van der Waals surface area contributed by atoms with E-state index in [2.05, 4.69) is 0 Å². The van der Waals surface area contributed by atoms with Crippen molar-refractivity contribution in [1.29, 1.82) is 0 Å². The Morgan fingerprint density at radius 3 is 2.38 bits per heavy atom. The van der Waals surface area contributed by atoms with Crippen LogP contribution < -0.4 is 0 Å². The van der Waals surface area contributed by atoms with E-state index in [1.54, 1.807) is 24.3 Å². The van der Waals surface area contributed by atoms with Gasteiger partial charge < -0.3 is 5.11 Å². The number of benzene rings is 2. The monoisotopic (exact) mass is 343 g/mol. The fourth-order valence-electron chi connectivity index (χ4n) is 2.91. The minimum atomic E-state index is -3.62. The minimum Gasteiger partial charge on any atom is -0.391 e. The molecule has 2 aromatic rings. The first-order chi connectivity index (χ1) is 11.5. The number of nitrogens with zero attached hydrogens (tertiary/aromatic N) is 1. The molecule has 0 fully saturated rings. The number of hydrogen-bond donors (Lipinski definition) is 1. The number of aliphatic hydroxyl groups is 1. The van der Waals surface area contributed by atoms with Crippen LogP contribution in [0.15, 0.2) is 71.6 Å². The molecule has 1 heterocycles. The van der Waals surface area contributed by atoms with Gasteiger partial charge >= 0.3 is 0 Å². The molecule has 2 atom stereocenters. The van der Waals surface area contributed by atoms with Crippen molar-refractivity contribution in [3.05, 3.63) is 77.9 Å². The van der Waals surface area contributed by atoms with Crippen LogP contribution in [0.25, 0.3) is 0 Å². The van der Waals surface area contributed by atoms with E-state index in [9.17, 15) is 13.5 Å². The van der Waals surface area contributed by atoms with E-state index >= 15 is 0 Å². The van der Waals surface area contributed by atoms with Gasteiger partial charge in [0.05, 0.1) is 11.0 Å². The highest BCUT2D eigenvalue weighted by atomic mass is 32.2. The Morgan fingerprint density at radius 2 is 1.71 bits per heavy atom. The van der Waals surface area contributed by atoms with Gasteiger partial charge in [0.15, 0.2) is 0 Å². The van der Waals surface area contributed by atoms with E-state index in [-0.39, 0.29) is 23.9 Å². The first kappa shape index (κ1) is 16.9. The molecule has 1 N–H and O–H groups in total. The fourth-order valence-corrected chi connectivity index (χ4v) is 4.32. The summed E-state index contributed by atoms with van der Waals surface area (Å²) in [4.78, 5) is 0.256. The lowest BCUT2D eigenvalue weighted by atomic mass is 9.93. The van der Waals surface area contributed by atoms with E-state index in [4.69, 9.17) is 0 Å². The molecule has 0 aliphatic carbocycles. The van der Waals surface area contributed by atoms with E-state index in [0.717, 1.165) is 11.1 Å². The van der Waals surface area contributed by atoms with Gasteiger partial charge in [0.25, 0.3) is 0 Å². The summed E-state index contributed by atoms with van der Waals surface area (Å²) < 4.78 is 27.0. The molecule has 0 bridgehead atoms. The highest BCUT2D eigenvalue weighted by molar-refractivity contribution is 7.89. The first-order valence-corrected chi connectivity index (χ1v) is 9.39. The number of aryl methyl sites for hydroxylation is 1. The molecule has 0 saturated heterocycles. The molecule has 0 unspecified atom stereocenters. The van der Waals surface area contributed by atoms with Gasteiger partial charge in [-0.25, -0.2) is 8.42 Å². The summed E-state index contributed by atoms with van der Waals surface area (Å²) in [7, 11) is -3.62. The summed E-state index contributed by atoms with van der Waals surface area (Å²) in [5, 5.41) is 10.6. The zero-order valence-electron chi connectivity index (χ0n) is 13.5. The van der Waals surface area contributed by atoms with E-state index in [0.29, 0.717) is 0 Å². The van der Waals surface area contributed by atoms with Crippen molar-refractivity contribution in [1.82, 2.24) is 4.31 Å². The van der Waals surface area contributed by atoms with Crippen LogP contribution in [-0.4, -0.2) is 37.0 Å². The Bertz CT molecular complexity index is 813. The Labute approximate surface area is 143 Å². The predicted octanol–water partition coefficient (Wildman–Crippen LogP) is 2.70. The van der Waals surface area contributed by atoms with Gasteiger partial charge in [-0.15, -0.1) is 0 Å². The topological polar surface area (TPSA) is 57.6 Å². The van der Waals surface area contributed by atoms with Crippen molar-refractivity contribution >= 4 is 10.0 Å². The zero-order valence-corrected chi connectivity index (χ0v) is 14.4. The van der Waals surface area contributed by atoms with Gasteiger partial charge in [-0.2, -0.15) is 4.31 Å². The molecular formula is C19H21NO3S. The molecule has 0 saturated carbocycles. The van der Waals surface area contributed by atoms with Crippen LogP contribution in [0.5, 0.6) is 0 Å². The summed E-state index contributed by atoms with van der Waals surface area (Å²) in [5.41, 5.74) is 1.99. The van der Waals surface area contributed by atoms with Crippen LogP contribution >= 0.6 is 0 Å². The van der Waals surface area contributed by atoms with Crippen molar-refractivity contribution in [3.8, 4) is 0 Å². The number of rotatable bonds is 3. The van der Waals surface area contributed by atoms with Crippen LogP contribution in [0.2, 0.25) is 0 Å². The highest BCUT2D eigenvalue weighted by Crippen LogP contribution is 2.26. The fraction of sp³-hybridized carbons (Fsp3) is 0.263. The second-order valence-corrected chi connectivity index (χ2v) is 8.00. The van der Waals surface area contributed by atoms with Crippen molar-refractivity contribution in [2.45, 2.75) is 23.8 Å². The molecular weight excluding hydrogens is 322 g/mol. The van der Waals surface area contributed by atoms with E-state index < -0.39 is 16.1 Å². The number of hydrogen-bond acceptors (Lipinski definition) is 3. The number of aliphatic hydroxyl groups excluding tert-OH is 1. The van der Waals surface area contributed by atoms with Gasteiger partial charge in [0, 0.05) is 19.0 Å². The third kappa shape index (κ3) is 3.43. The standard InChI is InChI=1S/C19H21NO3S/c1-15-9-11-17(12-10-15)24(22,23)20-13-5-8-18(19(21)14-20)16-6-3-2-4-7-16/h2-12,18-19,21H,13-14H2,1H3/t18-,19-/m0/s1. The smallest absolute Gasteiger partial charge is 0.243 e. The number of β-amino-alcohol motifs (C(OH)–C–C–N with tert-alkyl or cyclic N) is 1. The Morgan fingerprint density at radius 1 is 1.04 bits per heavy atom. The second-order valence-electron chi connectivity index (χ2n) is 6.07.